The molecule has 0 saturated heterocycles. The molecule has 0 aliphatic carbocycles. The predicted molar refractivity (Wildman–Crippen MR) is 38.6 cm³/mol. The van der Waals surface area contributed by atoms with Crippen molar-refractivity contribution in [1.29, 1.82) is 0 Å². The maximum atomic E-state index is 4.85. The molecule has 1 rings (SSSR count). The fourth-order valence-electron chi connectivity index (χ4n) is 0.573. The normalized spacial score (nSPS) is 13.7. The number of rotatable bonds is 1. The maximum Gasteiger partial charge on any atom is 0.133 e. The van der Waals surface area contributed by atoms with Gasteiger partial charge in [0.15, 0.2) is 0 Å². The Morgan fingerprint density at radius 3 is 2.67 bits per heavy atom. The van der Waals surface area contributed by atoms with Gasteiger partial charge in [-0.3, -0.25) is 0 Å². The molecular weight excluding hydrogens is 182 g/mol. The van der Waals surface area contributed by atoms with Crippen LogP contribution < -0.4 is 0 Å². The van der Waals surface area contributed by atoms with Crippen LogP contribution in [0.1, 0.15) is 23.2 Å². The Kier molecular flexibility index (Phi) is 1.90. The molecule has 2 nitrogen and oxygen atoms in total. The van der Waals surface area contributed by atoms with Gasteiger partial charge in [0.2, 0.25) is 0 Å². The number of alkyl halides is 1. The summed E-state index contributed by atoms with van der Waals surface area (Å²) < 4.78 is 4.85. The summed E-state index contributed by atoms with van der Waals surface area (Å²) in [5.74, 6) is 0.858. The van der Waals surface area contributed by atoms with Crippen molar-refractivity contribution in [3.8, 4) is 0 Å². The van der Waals surface area contributed by atoms with Gasteiger partial charge in [0.25, 0.3) is 0 Å². The van der Waals surface area contributed by atoms with E-state index in [0.29, 0.717) is 0 Å². The Balaban J connectivity index is 2.85. The standard InChI is InChI=1S/C6H8BrNO/c1-4-3-6(5(2)7)8-9-4/h3,5H,1-2H3. The van der Waals surface area contributed by atoms with E-state index in [9.17, 15) is 0 Å². The summed E-state index contributed by atoms with van der Waals surface area (Å²) in [4.78, 5) is 0.287. The van der Waals surface area contributed by atoms with E-state index in [1.807, 2.05) is 19.9 Å². The molecule has 0 aliphatic rings. The van der Waals surface area contributed by atoms with E-state index in [4.69, 9.17) is 4.52 Å². The van der Waals surface area contributed by atoms with Crippen LogP contribution >= 0.6 is 15.9 Å². The maximum absolute atomic E-state index is 4.85. The van der Waals surface area contributed by atoms with Crippen LogP contribution in [0.2, 0.25) is 0 Å². The van der Waals surface area contributed by atoms with Crippen molar-refractivity contribution in [3.63, 3.8) is 0 Å². The molecule has 1 heterocycles. The van der Waals surface area contributed by atoms with Gasteiger partial charge < -0.3 is 4.52 Å². The first kappa shape index (κ1) is 6.81. The topological polar surface area (TPSA) is 26.0 Å². The second-order valence-corrected chi connectivity index (χ2v) is 3.35. The highest BCUT2D eigenvalue weighted by molar-refractivity contribution is 9.09. The van der Waals surface area contributed by atoms with Crippen molar-refractivity contribution >= 4 is 15.9 Å². The largest absolute Gasteiger partial charge is 0.361 e. The molecule has 50 valence electrons. The van der Waals surface area contributed by atoms with Gasteiger partial charge in [-0.1, -0.05) is 21.1 Å². The van der Waals surface area contributed by atoms with E-state index in [1.54, 1.807) is 0 Å². The SMILES string of the molecule is Cc1cc(C(C)Br)no1. The molecule has 0 aromatic carbocycles. The minimum absolute atomic E-state index is 0.287. The molecule has 0 bridgehead atoms. The molecule has 0 aliphatic heterocycles. The van der Waals surface area contributed by atoms with Gasteiger partial charge in [-0.05, 0) is 13.8 Å². The minimum atomic E-state index is 0.287. The Bertz CT molecular complexity index is 195. The molecular formula is C6H8BrNO. The van der Waals surface area contributed by atoms with Crippen LogP contribution in [0.5, 0.6) is 0 Å². The van der Waals surface area contributed by atoms with Gasteiger partial charge in [0.1, 0.15) is 5.76 Å². The Labute approximate surface area is 62.4 Å². The van der Waals surface area contributed by atoms with Gasteiger partial charge in [0.05, 0.1) is 10.5 Å². The van der Waals surface area contributed by atoms with Crippen LogP contribution in [0.4, 0.5) is 0 Å². The molecule has 0 saturated carbocycles. The van der Waals surface area contributed by atoms with Crippen LogP contribution in [-0.4, -0.2) is 5.16 Å². The van der Waals surface area contributed by atoms with E-state index in [2.05, 4.69) is 21.1 Å². The second kappa shape index (κ2) is 2.52. The predicted octanol–water partition coefficient (Wildman–Crippen LogP) is 2.44. The summed E-state index contributed by atoms with van der Waals surface area (Å²) in [5.41, 5.74) is 0.951. The highest BCUT2D eigenvalue weighted by Gasteiger charge is 2.04. The first-order chi connectivity index (χ1) is 4.20. The zero-order chi connectivity index (χ0) is 6.85. The minimum Gasteiger partial charge on any atom is -0.361 e. The van der Waals surface area contributed by atoms with Crippen molar-refractivity contribution in [2.75, 3.05) is 0 Å². The molecule has 0 fully saturated rings. The van der Waals surface area contributed by atoms with Crippen LogP contribution in [0.25, 0.3) is 0 Å². The third kappa shape index (κ3) is 1.55. The Morgan fingerprint density at radius 1 is 1.78 bits per heavy atom. The fourth-order valence-corrected chi connectivity index (χ4v) is 0.789. The van der Waals surface area contributed by atoms with Crippen molar-refractivity contribution in [2.24, 2.45) is 0 Å². The lowest BCUT2D eigenvalue weighted by Gasteiger charge is -1.90. The molecule has 1 unspecified atom stereocenters. The van der Waals surface area contributed by atoms with E-state index in [0.717, 1.165) is 11.5 Å². The van der Waals surface area contributed by atoms with E-state index in [1.165, 1.54) is 0 Å². The number of hydrogen-bond donors (Lipinski definition) is 0. The summed E-state index contributed by atoms with van der Waals surface area (Å²) >= 11 is 3.37. The summed E-state index contributed by atoms with van der Waals surface area (Å²) in [6, 6.07) is 1.92. The number of halogens is 1. The molecule has 1 atom stereocenters. The highest BCUT2D eigenvalue weighted by Crippen LogP contribution is 2.20. The lowest BCUT2D eigenvalue weighted by molar-refractivity contribution is 0.391. The third-order valence-electron chi connectivity index (χ3n) is 1.05. The molecule has 0 radical (unpaired) electrons. The summed E-state index contributed by atoms with van der Waals surface area (Å²) in [6.07, 6.45) is 0. The number of aryl methyl sites for hydroxylation is 1. The summed E-state index contributed by atoms with van der Waals surface area (Å²) in [6.45, 7) is 3.89. The first-order valence-corrected chi connectivity index (χ1v) is 3.69. The summed E-state index contributed by atoms with van der Waals surface area (Å²) in [7, 11) is 0. The Morgan fingerprint density at radius 2 is 2.44 bits per heavy atom. The second-order valence-electron chi connectivity index (χ2n) is 1.98. The first-order valence-electron chi connectivity index (χ1n) is 2.77. The van der Waals surface area contributed by atoms with E-state index in [-0.39, 0.29) is 4.83 Å². The molecule has 0 spiro atoms. The van der Waals surface area contributed by atoms with Gasteiger partial charge in [0, 0.05) is 6.07 Å². The van der Waals surface area contributed by atoms with Crippen LogP contribution in [0.3, 0.4) is 0 Å². The average molecular weight is 190 g/mol. The van der Waals surface area contributed by atoms with Crippen molar-refractivity contribution in [1.82, 2.24) is 5.16 Å². The zero-order valence-corrected chi connectivity index (χ0v) is 6.97. The van der Waals surface area contributed by atoms with Crippen molar-refractivity contribution < 1.29 is 4.52 Å². The molecule has 1 aromatic rings. The highest BCUT2D eigenvalue weighted by atomic mass is 79.9. The zero-order valence-electron chi connectivity index (χ0n) is 5.39. The average Bonchev–Trinajstić information content (AvgIpc) is 2.14. The number of hydrogen-bond acceptors (Lipinski definition) is 2. The number of aromatic nitrogens is 1. The van der Waals surface area contributed by atoms with Crippen molar-refractivity contribution in [3.05, 3.63) is 17.5 Å². The third-order valence-corrected chi connectivity index (χ3v) is 1.52. The van der Waals surface area contributed by atoms with E-state index < -0.39 is 0 Å². The van der Waals surface area contributed by atoms with Crippen LogP contribution in [0.15, 0.2) is 10.6 Å². The van der Waals surface area contributed by atoms with Crippen LogP contribution in [0, 0.1) is 6.92 Å². The number of nitrogens with zero attached hydrogens (tertiary/aromatic N) is 1. The van der Waals surface area contributed by atoms with Gasteiger partial charge in [-0.25, -0.2) is 0 Å². The van der Waals surface area contributed by atoms with E-state index >= 15 is 0 Å². The molecule has 1 aromatic heterocycles. The van der Waals surface area contributed by atoms with Gasteiger partial charge >= 0.3 is 0 Å². The van der Waals surface area contributed by atoms with Gasteiger partial charge in [-0.2, -0.15) is 0 Å². The van der Waals surface area contributed by atoms with Crippen LogP contribution in [-0.2, 0) is 0 Å². The summed E-state index contributed by atoms with van der Waals surface area (Å²) in [5, 5.41) is 3.79. The molecule has 0 amide bonds. The Hall–Kier alpha value is -0.310. The smallest absolute Gasteiger partial charge is 0.133 e. The molecule has 9 heavy (non-hydrogen) atoms. The van der Waals surface area contributed by atoms with Gasteiger partial charge in [-0.15, -0.1) is 0 Å². The fraction of sp³-hybridized carbons (Fsp3) is 0.500. The lowest BCUT2D eigenvalue weighted by Crippen LogP contribution is -1.79. The quantitative estimate of drug-likeness (QED) is 0.635. The molecule has 3 heteroatoms. The molecule has 0 N–H and O–H groups in total. The monoisotopic (exact) mass is 189 g/mol. The lowest BCUT2D eigenvalue weighted by atomic mass is 10.3. The van der Waals surface area contributed by atoms with Crippen molar-refractivity contribution in [2.45, 2.75) is 18.7 Å².